The topological polar surface area (TPSA) is 32.8 Å². The monoisotopic (exact) mass is 406 g/mol. The van der Waals surface area contributed by atoms with Crippen molar-refractivity contribution in [3.8, 4) is 5.75 Å². The molecule has 2 fully saturated rings. The largest absolute Gasteiger partial charge is 0.489 e. The van der Waals surface area contributed by atoms with Crippen LogP contribution in [0.15, 0.2) is 54.6 Å². The van der Waals surface area contributed by atoms with Crippen molar-refractivity contribution in [3.63, 3.8) is 0 Å². The lowest BCUT2D eigenvalue weighted by Gasteiger charge is -2.37. The number of hydrogen-bond acceptors (Lipinski definition) is 3. The van der Waals surface area contributed by atoms with Gasteiger partial charge in [0.15, 0.2) is 0 Å². The van der Waals surface area contributed by atoms with Crippen LogP contribution in [0.25, 0.3) is 0 Å². The molecule has 0 aromatic heterocycles. The van der Waals surface area contributed by atoms with Gasteiger partial charge in [0.05, 0.1) is 0 Å². The summed E-state index contributed by atoms with van der Waals surface area (Å²) in [4.78, 5) is 17.5. The Morgan fingerprint density at radius 2 is 1.67 bits per heavy atom. The minimum atomic E-state index is 0.223. The van der Waals surface area contributed by atoms with Crippen LogP contribution >= 0.6 is 0 Å². The number of amides is 1. The lowest BCUT2D eigenvalue weighted by Crippen LogP contribution is -2.45. The summed E-state index contributed by atoms with van der Waals surface area (Å²) >= 11 is 0. The Bertz CT molecular complexity index is 798. The third-order valence-corrected chi connectivity index (χ3v) is 6.48. The normalized spacial score (nSPS) is 20.8. The predicted octanol–water partition coefficient (Wildman–Crippen LogP) is 4.74. The van der Waals surface area contributed by atoms with Crippen LogP contribution in [0.1, 0.15) is 43.7 Å². The number of ether oxygens (including phenoxy) is 1. The second-order valence-electron chi connectivity index (χ2n) is 9.00. The first kappa shape index (κ1) is 20.9. The van der Waals surface area contributed by atoms with Crippen molar-refractivity contribution in [1.29, 1.82) is 0 Å². The molecule has 0 N–H and O–H groups in total. The number of benzene rings is 2. The van der Waals surface area contributed by atoms with Crippen molar-refractivity contribution in [2.45, 2.75) is 45.8 Å². The van der Waals surface area contributed by atoms with Gasteiger partial charge in [-0.25, -0.2) is 0 Å². The van der Waals surface area contributed by atoms with Crippen molar-refractivity contribution < 1.29 is 9.53 Å². The summed E-state index contributed by atoms with van der Waals surface area (Å²) < 4.78 is 5.89. The number of rotatable bonds is 6. The van der Waals surface area contributed by atoms with Crippen LogP contribution in [0.2, 0.25) is 0 Å². The van der Waals surface area contributed by atoms with Crippen molar-refractivity contribution in [3.05, 3.63) is 65.7 Å². The molecule has 4 heteroatoms. The minimum Gasteiger partial charge on any atom is -0.489 e. The molecule has 2 aliphatic heterocycles. The van der Waals surface area contributed by atoms with Crippen molar-refractivity contribution in [1.82, 2.24) is 9.80 Å². The smallest absolute Gasteiger partial charge is 0.225 e. The first-order valence-corrected chi connectivity index (χ1v) is 11.4. The molecule has 0 unspecified atom stereocenters. The third-order valence-electron chi connectivity index (χ3n) is 6.48. The number of likely N-dealkylation sites (tertiary alicyclic amines) is 2. The first-order valence-electron chi connectivity index (χ1n) is 11.4. The molecule has 30 heavy (non-hydrogen) atoms. The summed E-state index contributed by atoms with van der Waals surface area (Å²) in [6, 6.07) is 18.7. The first-order chi connectivity index (χ1) is 14.7. The highest BCUT2D eigenvalue weighted by molar-refractivity contribution is 5.79. The van der Waals surface area contributed by atoms with Crippen LogP contribution in [0, 0.1) is 11.8 Å². The average molecular weight is 407 g/mol. The molecular weight excluding hydrogens is 372 g/mol. The molecule has 2 aromatic carbocycles. The Morgan fingerprint density at radius 3 is 2.37 bits per heavy atom. The van der Waals surface area contributed by atoms with E-state index in [-0.39, 0.29) is 5.92 Å². The van der Waals surface area contributed by atoms with Gasteiger partial charge < -0.3 is 9.64 Å². The number of hydrogen-bond donors (Lipinski definition) is 0. The molecule has 2 aromatic rings. The second kappa shape index (κ2) is 10.1. The lowest BCUT2D eigenvalue weighted by molar-refractivity contribution is -0.138. The Labute approximate surface area is 180 Å². The van der Waals surface area contributed by atoms with Crippen LogP contribution in [0.4, 0.5) is 0 Å². The summed E-state index contributed by atoms with van der Waals surface area (Å²) in [5.74, 6) is 2.19. The van der Waals surface area contributed by atoms with Crippen LogP contribution in [-0.4, -0.2) is 41.9 Å². The second-order valence-corrected chi connectivity index (χ2v) is 9.00. The summed E-state index contributed by atoms with van der Waals surface area (Å²) in [7, 11) is 0. The standard InChI is InChI=1S/C26H34N2O2/c1-21-6-5-15-28(18-21)26(29)24-13-16-27(17-14-24)19-22-9-11-25(12-10-22)30-20-23-7-3-2-4-8-23/h2-4,7-12,21,24H,5-6,13-20H2,1H3/t21-/m1/s1. The van der Waals surface area contributed by atoms with E-state index in [9.17, 15) is 4.79 Å². The molecule has 0 radical (unpaired) electrons. The molecule has 2 saturated heterocycles. The van der Waals surface area contributed by atoms with E-state index >= 15 is 0 Å². The van der Waals surface area contributed by atoms with Gasteiger partial charge in [-0.2, -0.15) is 0 Å². The number of carbonyl (C=O) groups is 1. The fourth-order valence-electron chi connectivity index (χ4n) is 4.68. The van der Waals surface area contributed by atoms with Crippen molar-refractivity contribution in [2.24, 2.45) is 11.8 Å². The van der Waals surface area contributed by atoms with E-state index in [1.54, 1.807) is 0 Å². The van der Waals surface area contributed by atoms with Crippen LogP contribution in [0.3, 0.4) is 0 Å². The molecule has 160 valence electrons. The van der Waals surface area contributed by atoms with Gasteiger partial charge in [-0.15, -0.1) is 0 Å². The molecule has 0 bridgehead atoms. The van der Waals surface area contributed by atoms with Crippen LogP contribution < -0.4 is 4.74 Å². The van der Waals surface area contributed by atoms with Gasteiger partial charge in [0.2, 0.25) is 5.91 Å². The van der Waals surface area contributed by atoms with Gasteiger partial charge in [0.25, 0.3) is 0 Å². The minimum absolute atomic E-state index is 0.223. The maximum Gasteiger partial charge on any atom is 0.225 e. The fraction of sp³-hybridized carbons (Fsp3) is 0.500. The molecule has 2 heterocycles. The predicted molar refractivity (Wildman–Crippen MR) is 120 cm³/mol. The highest BCUT2D eigenvalue weighted by Gasteiger charge is 2.30. The quantitative estimate of drug-likeness (QED) is 0.695. The van der Waals surface area contributed by atoms with Gasteiger partial charge >= 0.3 is 0 Å². The number of piperidine rings is 2. The molecule has 4 rings (SSSR count). The molecule has 0 saturated carbocycles. The Morgan fingerprint density at radius 1 is 0.933 bits per heavy atom. The fourth-order valence-corrected chi connectivity index (χ4v) is 4.68. The zero-order valence-corrected chi connectivity index (χ0v) is 18.1. The number of nitrogens with zero attached hydrogens (tertiary/aromatic N) is 2. The van der Waals surface area contributed by atoms with E-state index in [0.717, 1.165) is 57.7 Å². The van der Waals surface area contributed by atoms with Crippen molar-refractivity contribution >= 4 is 5.91 Å². The van der Waals surface area contributed by atoms with E-state index in [2.05, 4.69) is 53.1 Å². The molecule has 1 amide bonds. The SMILES string of the molecule is C[C@@H]1CCCN(C(=O)C2CCN(Cc3ccc(OCc4ccccc4)cc3)CC2)C1. The Hall–Kier alpha value is -2.33. The van der Waals surface area contributed by atoms with E-state index in [4.69, 9.17) is 4.74 Å². The van der Waals surface area contributed by atoms with E-state index in [0.29, 0.717) is 18.4 Å². The summed E-state index contributed by atoms with van der Waals surface area (Å²) in [6.45, 7) is 7.73. The highest BCUT2D eigenvalue weighted by Crippen LogP contribution is 2.25. The Balaban J connectivity index is 1.21. The van der Waals surface area contributed by atoms with Gasteiger partial charge in [0.1, 0.15) is 12.4 Å². The molecule has 0 aliphatic carbocycles. The van der Waals surface area contributed by atoms with E-state index in [1.165, 1.54) is 17.5 Å². The zero-order valence-electron chi connectivity index (χ0n) is 18.1. The van der Waals surface area contributed by atoms with Gasteiger partial charge in [0, 0.05) is 25.6 Å². The van der Waals surface area contributed by atoms with Gasteiger partial charge in [-0.05, 0) is 68.0 Å². The highest BCUT2D eigenvalue weighted by atomic mass is 16.5. The molecule has 1 atom stereocenters. The molecule has 2 aliphatic rings. The van der Waals surface area contributed by atoms with Gasteiger partial charge in [-0.3, -0.25) is 9.69 Å². The maximum absolute atomic E-state index is 12.9. The van der Waals surface area contributed by atoms with E-state index in [1.807, 2.05) is 18.2 Å². The van der Waals surface area contributed by atoms with Crippen LogP contribution in [0.5, 0.6) is 5.75 Å². The zero-order chi connectivity index (χ0) is 20.8. The van der Waals surface area contributed by atoms with Crippen LogP contribution in [-0.2, 0) is 17.9 Å². The summed E-state index contributed by atoms with van der Waals surface area (Å²) in [5.41, 5.74) is 2.48. The van der Waals surface area contributed by atoms with Crippen molar-refractivity contribution in [2.75, 3.05) is 26.2 Å². The molecule has 0 spiro atoms. The molecule has 4 nitrogen and oxygen atoms in total. The third kappa shape index (κ3) is 5.63. The number of carbonyl (C=O) groups excluding carboxylic acids is 1. The van der Waals surface area contributed by atoms with E-state index < -0.39 is 0 Å². The lowest BCUT2D eigenvalue weighted by atomic mass is 9.92. The summed E-state index contributed by atoms with van der Waals surface area (Å²) in [6.07, 6.45) is 4.40. The Kier molecular flexibility index (Phi) is 7.06. The molecular formula is C26H34N2O2. The average Bonchev–Trinajstić information content (AvgIpc) is 2.79. The maximum atomic E-state index is 12.9. The van der Waals surface area contributed by atoms with Gasteiger partial charge in [-0.1, -0.05) is 49.4 Å². The summed E-state index contributed by atoms with van der Waals surface area (Å²) in [5, 5.41) is 0.